The van der Waals surface area contributed by atoms with Crippen LogP contribution in [0.3, 0.4) is 0 Å². The van der Waals surface area contributed by atoms with Gasteiger partial charge in [0.1, 0.15) is 5.75 Å². The minimum Gasteiger partial charge on any atom is -0.482 e. The van der Waals surface area contributed by atoms with E-state index in [0.29, 0.717) is 25.3 Å². The Bertz CT molecular complexity index is 617. The van der Waals surface area contributed by atoms with Gasteiger partial charge in [-0.15, -0.1) is 0 Å². The zero-order valence-electron chi connectivity index (χ0n) is 15.1. The summed E-state index contributed by atoms with van der Waals surface area (Å²) in [6.45, 7) is 5.77. The predicted octanol–water partition coefficient (Wildman–Crippen LogP) is 1.03. The second kappa shape index (κ2) is 9.54. The van der Waals surface area contributed by atoms with Crippen LogP contribution in [0.25, 0.3) is 0 Å². The van der Waals surface area contributed by atoms with Gasteiger partial charge in [0.05, 0.1) is 18.9 Å². The van der Waals surface area contributed by atoms with Gasteiger partial charge in [-0.05, 0) is 31.5 Å². The number of unbranched alkanes of at least 4 members (excludes halogenated alkanes) is 1. The number of amides is 2. The lowest BCUT2D eigenvalue weighted by molar-refractivity contribution is -0.122. The van der Waals surface area contributed by atoms with Crippen LogP contribution in [0.5, 0.6) is 5.75 Å². The number of nitrogens with zero attached hydrogens (tertiary/aromatic N) is 2. The van der Waals surface area contributed by atoms with Crippen molar-refractivity contribution in [2.75, 3.05) is 57.4 Å². The first-order chi connectivity index (χ1) is 12.7. The van der Waals surface area contributed by atoms with Crippen LogP contribution in [0.15, 0.2) is 24.3 Å². The van der Waals surface area contributed by atoms with Crippen LogP contribution < -0.4 is 15.0 Å². The first kappa shape index (κ1) is 18.7. The van der Waals surface area contributed by atoms with E-state index in [0.717, 1.165) is 51.4 Å². The maximum absolute atomic E-state index is 12.1. The summed E-state index contributed by atoms with van der Waals surface area (Å²) >= 11 is 0. The molecular formula is C19H27N3O4. The zero-order valence-corrected chi connectivity index (χ0v) is 15.1. The summed E-state index contributed by atoms with van der Waals surface area (Å²) in [5.41, 5.74) is 0.738. The van der Waals surface area contributed by atoms with Crippen molar-refractivity contribution >= 4 is 17.5 Å². The Hall–Kier alpha value is -2.12. The summed E-state index contributed by atoms with van der Waals surface area (Å²) in [4.78, 5) is 28.2. The Kier molecular flexibility index (Phi) is 6.85. The van der Waals surface area contributed by atoms with E-state index in [1.807, 2.05) is 24.3 Å². The molecule has 0 saturated carbocycles. The average molecular weight is 361 g/mol. The summed E-state index contributed by atoms with van der Waals surface area (Å²) in [5, 5.41) is 2.95. The molecule has 1 saturated heterocycles. The number of morpholine rings is 1. The van der Waals surface area contributed by atoms with Gasteiger partial charge in [0.2, 0.25) is 5.91 Å². The summed E-state index contributed by atoms with van der Waals surface area (Å²) < 4.78 is 10.7. The van der Waals surface area contributed by atoms with E-state index in [-0.39, 0.29) is 18.4 Å². The molecule has 1 aromatic carbocycles. The van der Waals surface area contributed by atoms with Gasteiger partial charge in [-0.25, -0.2) is 0 Å². The van der Waals surface area contributed by atoms with Crippen molar-refractivity contribution in [2.45, 2.75) is 19.3 Å². The Morgan fingerprint density at radius 1 is 1.12 bits per heavy atom. The maximum Gasteiger partial charge on any atom is 0.265 e. The Morgan fingerprint density at radius 3 is 2.77 bits per heavy atom. The minimum atomic E-state index is -0.109. The minimum absolute atomic E-state index is 0.0202. The average Bonchev–Trinajstić information content (AvgIpc) is 2.68. The lowest BCUT2D eigenvalue weighted by Gasteiger charge is -2.29. The fraction of sp³-hybridized carbons (Fsp3) is 0.579. The van der Waals surface area contributed by atoms with Crippen molar-refractivity contribution in [3.05, 3.63) is 24.3 Å². The van der Waals surface area contributed by atoms with Crippen LogP contribution in [-0.4, -0.2) is 69.3 Å². The number of anilines is 1. The van der Waals surface area contributed by atoms with Crippen molar-refractivity contribution < 1.29 is 19.1 Å². The second-order valence-corrected chi connectivity index (χ2v) is 6.56. The van der Waals surface area contributed by atoms with Gasteiger partial charge in [0.15, 0.2) is 6.61 Å². The van der Waals surface area contributed by atoms with Crippen molar-refractivity contribution in [3.8, 4) is 5.75 Å². The monoisotopic (exact) mass is 361 g/mol. The third-order valence-electron chi connectivity index (χ3n) is 4.70. The van der Waals surface area contributed by atoms with E-state index in [1.54, 1.807) is 4.90 Å². The molecule has 3 rings (SSSR count). The fourth-order valence-corrected chi connectivity index (χ4v) is 3.21. The summed E-state index contributed by atoms with van der Waals surface area (Å²) in [6, 6.07) is 7.41. The molecule has 0 aromatic heterocycles. The standard InChI is InChI=1S/C19H27N3O4/c23-18(20-8-3-4-9-21-11-13-25-14-12-21)7-10-22-16-5-1-2-6-17(16)26-15-19(22)24/h1-2,5-6H,3-4,7-15H2,(H,20,23). The van der Waals surface area contributed by atoms with E-state index in [4.69, 9.17) is 9.47 Å². The molecule has 0 spiro atoms. The second-order valence-electron chi connectivity index (χ2n) is 6.56. The molecule has 2 aliphatic heterocycles. The number of hydrogen-bond acceptors (Lipinski definition) is 5. The number of carbonyl (C=O) groups is 2. The first-order valence-electron chi connectivity index (χ1n) is 9.33. The molecule has 0 atom stereocenters. The topological polar surface area (TPSA) is 71.1 Å². The van der Waals surface area contributed by atoms with Crippen LogP contribution in [0.2, 0.25) is 0 Å². The van der Waals surface area contributed by atoms with E-state index in [9.17, 15) is 9.59 Å². The normalized spacial score (nSPS) is 17.5. The van der Waals surface area contributed by atoms with Crippen molar-refractivity contribution in [3.63, 3.8) is 0 Å². The lowest BCUT2D eigenvalue weighted by Crippen LogP contribution is -2.41. The van der Waals surface area contributed by atoms with Crippen LogP contribution >= 0.6 is 0 Å². The molecule has 1 fully saturated rings. The molecule has 2 aliphatic rings. The van der Waals surface area contributed by atoms with Gasteiger partial charge >= 0.3 is 0 Å². The highest BCUT2D eigenvalue weighted by atomic mass is 16.5. The quantitative estimate of drug-likeness (QED) is 0.701. The van der Waals surface area contributed by atoms with Crippen molar-refractivity contribution in [1.82, 2.24) is 10.2 Å². The first-order valence-corrected chi connectivity index (χ1v) is 9.33. The van der Waals surface area contributed by atoms with Gasteiger partial charge in [-0.3, -0.25) is 14.5 Å². The third-order valence-corrected chi connectivity index (χ3v) is 4.70. The van der Waals surface area contributed by atoms with E-state index in [2.05, 4.69) is 10.2 Å². The molecule has 0 unspecified atom stereocenters. The third kappa shape index (κ3) is 5.19. The number of rotatable bonds is 8. The summed E-state index contributed by atoms with van der Waals surface area (Å²) in [6.07, 6.45) is 2.32. The Balaban J connectivity index is 1.33. The molecule has 0 bridgehead atoms. The van der Waals surface area contributed by atoms with Gasteiger partial charge in [-0.2, -0.15) is 0 Å². The molecule has 1 N–H and O–H groups in total. The smallest absolute Gasteiger partial charge is 0.265 e. The van der Waals surface area contributed by atoms with Crippen LogP contribution in [0.4, 0.5) is 5.69 Å². The molecule has 0 radical (unpaired) electrons. The molecule has 2 amide bonds. The fourth-order valence-electron chi connectivity index (χ4n) is 3.21. The van der Waals surface area contributed by atoms with E-state index in [1.165, 1.54) is 0 Å². The Morgan fingerprint density at radius 2 is 1.92 bits per heavy atom. The number of para-hydroxylation sites is 2. The molecule has 7 heteroatoms. The highest BCUT2D eigenvalue weighted by molar-refractivity contribution is 5.98. The molecular weight excluding hydrogens is 334 g/mol. The number of fused-ring (bicyclic) bond motifs is 1. The Labute approximate surface area is 154 Å². The van der Waals surface area contributed by atoms with Crippen molar-refractivity contribution in [2.24, 2.45) is 0 Å². The zero-order chi connectivity index (χ0) is 18.2. The lowest BCUT2D eigenvalue weighted by atomic mass is 10.2. The highest BCUT2D eigenvalue weighted by Crippen LogP contribution is 2.31. The van der Waals surface area contributed by atoms with Crippen LogP contribution in [0.1, 0.15) is 19.3 Å². The van der Waals surface area contributed by atoms with Crippen molar-refractivity contribution in [1.29, 1.82) is 0 Å². The molecule has 142 valence electrons. The summed E-state index contributed by atoms with van der Waals surface area (Å²) in [7, 11) is 0. The van der Waals surface area contributed by atoms with Gasteiger partial charge < -0.3 is 19.7 Å². The highest BCUT2D eigenvalue weighted by Gasteiger charge is 2.25. The molecule has 26 heavy (non-hydrogen) atoms. The van der Waals surface area contributed by atoms with Crippen LogP contribution in [-0.2, 0) is 14.3 Å². The van der Waals surface area contributed by atoms with Gasteiger partial charge in [0, 0.05) is 32.6 Å². The SMILES string of the molecule is O=C(CCN1C(=O)COc2ccccc21)NCCCCN1CCOCC1. The van der Waals surface area contributed by atoms with Gasteiger partial charge in [-0.1, -0.05) is 12.1 Å². The summed E-state index contributed by atoms with van der Waals surface area (Å²) in [5.74, 6) is 0.561. The maximum atomic E-state index is 12.1. The number of nitrogens with one attached hydrogen (secondary N) is 1. The number of ether oxygens (including phenoxy) is 2. The van der Waals surface area contributed by atoms with Crippen LogP contribution in [0, 0.1) is 0 Å². The van der Waals surface area contributed by atoms with Gasteiger partial charge in [0.25, 0.3) is 5.91 Å². The molecule has 2 heterocycles. The molecule has 1 aromatic rings. The molecule has 0 aliphatic carbocycles. The predicted molar refractivity (Wildman–Crippen MR) is 98.4 cm³/mol. The number of hydrogen-bond donors (Lipinski definition) is 1. The molecule has 7 nitrogen and oxygen atoms in total. The largest absolute Gasteiger partial charge is 0.482 e. The number of carbonyl (C=O) groups excluding carboxylic acids is 2. The van der Waals surface area contributed by atoms with E-state index >= 15 is 0 Å². The number of benzene rings is 1. The van der Waals surface area contributed by atoms with E-state index < -0.39 is 0 Å².